The first-order valence-corrected chi connectivity index (χ1v) is 10.3. The van der Waals surface area contributed by atoms with E-state index in [4.69, 9.17) is 5.73 Å². The zero-order chi connectivity index (χ0) is 17.7. The topological polar surface area (TPSA) is 60.0 Å². The van der Waals surface area contributed by atoms with Crippen LogP contribution in [0, 0.1) is 0 Å². The van der Waals surface area contributed by atoms with Gasteiger partial charge in [-0.3, -0.25) is 4.90 Å². The Balaban J connectivity index is 1.32. The second kappa shape index (κ2) is 6.44. The Morgan fingerprint density at radius 1 is 1.19 bits per heavy atom. The largest absolute Gasteiger partial charge is 0.328 e. The van der Waals surface area contributed by atoms with Gasteiger partial charge < -0.3 is 10.3 Å². The molecule has 5 rings (SSSR count). The molecular formula is C20H25N5S. The van der Waals surface area contributed by atoms with Crippen LogP contribution in [0.15, 0.2) is 30.3 Å². The van der Waals surface area contributed by atoms with Gasteiger partial charge in [-0.2, -0.15) is 0 Å². The van der Waals surface area contributed by atoms with Gasteiger partial charge in [0.05, 0.1) is 6.54 Å². The minimum atomic E-state index is 0.350. The Kier molecular flexibility index (Phi) is 4.07. The maximum absolute atomic E-state index is 5.99. The minimum Gasteiger partial charge on any atom is -0.328 e. The molecule has 2 aliphatic carbocycles. The summed E-state index contributed by atoms with van der Waals surface area (Å²) in [6.45, 7) is 1.79. The number of nitrogens with zero attached hydrogens (tertiary/aromatic N) is 4. The Hall–Kier alpha value is -1.76. The highest BCUT2D eigenvalue weighted by Gasteiger charge is 2.36. The number of thiophene rings is 1. The molecule has 0 bridgehead atoms. The van der Waals surface area contributed by atoms with Gasteiger partial charge in [0, 0.05) is 34.1 Å². The summed E-state index contributed by atoms with van der Waals surface area (Å²) in [6.07, 6.45) is 4.64. The Bertz CT molecular complexity index is 886. The van der Waals surface area contributed by atoms with E-state index < -0.39 is 0 Å². The molecule has 3 aromatic rings. The monoisotopic (exact) mass is 367 g/mol. The summed E-state index contributed by atoms with van der Waals surface area (Å²) >= 11 is 1.88. The second-order valence-corrected chi connectivity index (χ2v) is 9.10. The molecule has 2 saturated carbocycles. The first-order valence-electron chi connectivity index (χ1n) is 9.52. The van der Waals surface area contributed by atoms with Gasteiger partial charge in [-0.15, -0.1) is 21.5 Å². The molecule has 0 amide bonds. The molecule has 5 nitrogen and oxygen atoms in total. The fourth-order valence-electron chi connectivity index (χ4n) is 4.01. The zero-order valence-electron chi connectivity index (χ0n) is 15.1. The van der Waals surface area contributed by atoms with Gasteiger partial charge in [-0.05, 0) is 50.2 Å². The van der Waals surface area contributed by atoms with E-state index in [0.717, 1.165) is 31.8 Å². The lowest BCUT2D eigenvalue weighted by atomic mass is 9.80. The van der Waals surface area contributed by atoms with Crippen molar-refractivity contribution in [1.29, 1.82) is 0 Å². The van der Waals surface area contributed by atoms with Crippen LogP contribution in [0.5, 0.6) is 0 Å². The number of nitrogens with two attached hydrogens (primary N) is 1. The van der Waals surface area contributed by atoms with Crippen LogP contribution in [-0.4, -0.2) is 32.8 Å². The molecule has 0 atom stereocenters. The van der Waals surface area contributed by atoms with Crippen molar-refractivity contribution in [3.8, 4) is 0 Å². The van der Waals surface area contributed by atoms with Gasteiger partial charge in [0.1, 0.15) is 11.6 Å². The molecule has 0 radical (unpaired) electrons. The molecular weight excluding hydrogens is 342 g/mol. The Morgan fingerprint density at radius 2 is 2.00 bits per heavy atom. The molecule has 0 spiro atoms. The normalized spacial score (nSPS) is 22.9. The van der Waals surface area contributed by atoms with Gasteiger partial charge in [-0.1, -0.05) is 18.2 Å². The maximum atomic E-state index is 5.99. The molecule has 0 unspecified atom stereocenters. The van der Waals surface area contributed by atoms with Crippen molar-refractivity contribution < 1.29 is 0 Å². The average molecular weight is 368 g/mol. The van der Waals surface area contributed by atoms with E-state index in [1.165, 1.54) is 33.6 Å². The van der Waals surface area contributed by atoms with E-state index in [-0.39, 0.29) is 0 Å². The van der Waals surface area contributed by atoms with Crippen LogP contribution in [0.2, 0.25) is 0 Å². The third kappa shape index (κ3) is 3.06. The third-order valence-electron chi connectivity index (χ3n) is 5.56. The molecule has 0 aliphatic heterocycles. The number of fused-ring (bicyclic) bond motifs is 1. The molecule has 6 heteroatoms. The van der Waals surface area contributed by atoms with Gasteiger partial charge in [0.2, 0.25) is 0 Å². The SMILES string of the molecule is CN(Cc1cc2ccccc2s1)Cc1nnc(C2CC(N)C2)n1C1CC1. The first kappa shape index (κ1) is 16.4. The predicted molar refractivity (Wildman–Crippen MR) is 105 cm³/mol. The highest BCUT2D eigenvalue weighted by molar-refractivity contribution is 7.19. The standard InChI is InChI=1S/C20H25N5S/c1-24(11-17-10-13-4-2-3-5-18(13)26-17)12-19-22-23-20(14-8-15(21)9-14)25(19)16-6-7-16/h2-5,10,14-16H,6-9,11-12,21H2,1H3. The van der Waals surface area contributed by atoms with E-state index >= 15 is 0 Å². The van der Waals surface area contributed by atoms with Crippen molar-refractivity contribution in [2.75, 3.05) is 7.05 Å². The molecule has 2 heterocycles. The summed E-state index contributed by atoms with van der Waals surface area (Å²) in [5, 5.41) is 10.5. The highest BCUT2D eigenvalue weighted by atomic mass is 32.1. The minimum absolute atomic E-state index is 0.350. The third-order valence-corrected chi connectivity index (χ3v) is 6.66. The number of benzene rings is 1. The van der Waals surface area contributed by atoms with Crippen LogP contribution in [0.25, 0.3) is 10.1 Å². The second-order valence-electron chi connectivity index (χ2n) is 7.93. The molecule has 2 aromatic heterocycles. The first-order chi connectivity index (χ1) is 12.7. The quantitative estimate of drug-likeness (QED) is 0.722. The van der Waals surface area contributed by atoms with Crippen LogP contribution in [-0.2, 0) is 13.1 Å². The van der Waals surface area contributed by atoms with Crippen molar-refractivity contribution in [3.05, 3.63) is 46.9 Å². The lowest BCUT2D eigenvalue weighted by Crippen LogP contribution is -2.36. The van der Waals surface area contributed by atoms with Crippen LogP contribution in [0.4, 0.5) is 0 Å². The van der Waals surface area contributed by atoms with Crippen molar-refractivity contribution >= 4 is 21.4 Å². The van der Waals surface area contributed by atoms with E-state index in [0.29, 0.717) is 18.0 Å². The van der Waals surface area contributed by atoms with Crippen molar-refractivity contribution in [3.63, 3.8) is 0 Å². The Labute approximate surface area is 157 Å². The Morgan fingerprint density at radius 3 is 2.73 bits per heavy atom. The summed E-state index contributed by atoms with van der Waals surface area (Å²) in [5.41, 5.74) is 5.99. The highest BCUT2D eigenvalue weighted by Crippen LogP contribution is 2.42. The average Bonchev–Trinajstić information content (AvgIpc) is 3.22. The fraction of sp³-hybridized carbons (Fsp3) is 0.500. The smallest absolute Gasteiger partial charge is 0.147 e. The number of rotatable bonds is 6. The van der Waals surface area contributed by atoms with E-state index in [9.17, 15) is 0 Å². The summed E-state index contributed by atoms with van der Waals surface area (Å²) in [6, 6.07) is 11.9. The van der Waals surface area contributed by atoms with Crippen molar-refractivity contribution in [2.24, 2.45) is 5.73 Å². The van der Waals surface area contributed by atoms with Gasteiger partial charge >= 0.3 is 0 Å². The summed E-state index contributed by atoms with van der Waals surface area (Å²) < 4.78 is 3.79. The summed E-state index contributed by atoms with van der Waals surface area (Å²) in [7, 11) is 2.18. The zero-order valence-corrected chi connectivity index (χ0v) is 16.0. The van der Waals surface area contributed by atoms with Gasteiger partial charge in [0.25, 0.3) is 0 Å². The molecule has 2 N–H and O–H groups in total. The summed E-state index contributed by atoms with van der Waals surface area (Å²) in [5.74, 6) is 2.81. The van der Waals surface area contributed by atoms with E-state index in [2.05, 4.69) is 57.0 Å². The lowest BCUT2D eigenvalue weighted by Gasteiger charge is -2.32. The molecule has 0 saturated heterocycles. The van der Waals surface area contributed by atoms with Gasteiger partial charge in [-0.25, -0.2) is 0 Å². The molecule has 2 fully saturated rings. The fourth-order valence-corrected chi connectivity index (χ4v) is 5.15. The molecule has 26 heavy (non-hydrogen) atoms. The van der Waals surface area contributed by atoms with Crippen LogP contribution < -0.4 is 5.73 Å². The molecule has 2 aliphatic rings. The maximum Gasteiger partial charge on any atom is 0.147 e. The lowest BCUT2D eigenvalue weighted by molar-refractivity contribution is 0.301. The van der Waals surface area contributed by atoms with Crippen molar-refractivity contribution in [2.45, 2.75) is 56.8 Å². The van der Waals surface area contributed by atoms with Gasteiger partial charge in [0.15, 0.2) is 0 Å². The number of hydrogen-bond acceptors (Lipinski definition) is 5. The van der Waals surface area contributed by atoms with Crippen LogP contribution in [0.1, 0.15) is 54.2 Å². The van der Waals surface area contributed by atoms with E-state index in [1.807, 2.05) is 11.3 Å². The molecule has 1 aromatic carbocycles. The number of aromatic nitrogens is 3. The van der Waals surface area contributed by atoms with Crippen LogP contribution >= 0.6 is 11.3 Å². The van der Waals surface area contributed by atoms with E-state index in [1.54, 1.807) is 0 Å². The number of hydrogen-bond donors (Lipinski definition) is 1. The predicted octanol–water partition coefficient (Wildman–Crippen LogP) is 3.66. The van der Waals surface area contributed by atoms with Crippen LogP contribution in [0.3, 0.4) is 0 Å². The molecule has 136 valence electrons. The summed E-state index contributed by atoms with van der Waals surface area (Å²) in [4.78, 5) is 3.75. The van der Waals surface area contributed by atoms with Crippen molar-refractivity contribution in [1.82, 2.24) is 19.7 Å².